The number of rotatable bonds is 35. The largest absolute Gasteiger partial charge is 0.291 e. The highest BCUT2D eigenvalue weighted by molar-refractivity contribution is 6.09. The number of carbonyl (C=O) groups is 2. The Balaban J connectivity index is 1.72. The highest BCUT2D eigenvalue weighted by Gasteiger charge is 2.14. The fraction of sp³-hybridized carbons (Fsp3) is 0.640. The maximum absolute atomic E-state index is 13.6. The lowest BCUT2D eigenvalue weighted by atomic mass is 10.0. The van der Waals surface area contributed by atoms with Crippen LogP contribution in [0.1, 0.15) is 233 Å². The molecule has 1 amide bonds. The van der Waals surface area contributed by atoms with Crippen molar-refractivity contribution in [1.29, 1.82) is 0 Å². The number of hydrogen-bond donors (Lipinski definition) is 0. The highest BCUT2D eigenvalue weighted by Crippen LogP contribution is 2.17. The number of amides is 1. The topological polar surface area (TPSA) is 37.4 Å². The molecular weight excluding hydrogens is 647 g/mol. The molecule has 2 aromatic carbocycles. The molecular formula is C50H79NO2. The van der Waals surface area contributed by atoms with Crippen molar-refractivity contribution in [3.63, 3.8) is 0 Å². The Morgan fingerprint density at radius 2 is 0.698 bits per heavy atom. The lowest BCUT2D eigenvalue weighted by Gasteiger charge is -2.14. The molecule has 0 unspecified atom stereocenters. The summed E-state index contributed by atoms with van der Waals surface area (Å²) in [5, 5.41) is 0. The van der Waals surface area contributed by atoms with Crippen molar-refractivity contribution in [3.8, 4) is 0 Å². The fourth-order valence-electron chi connectivity index (χ4n) is 7.14. The Hall–Kier alpha value is -2.94. The van der Waals surface area contributed by atoms with Crippen LogP contribution in [-0.2, 0) is 0 Å². The van der Waals surface area contributed by atoms with E-state index >= 15 is 0 Å². The molecule has 0 atom stereocenters. The van der Waals surface area contributed by atoms with E-state index in [1.807, 2.05) is 42.7 Å². The van der Waals surface area contributed by atoms with Crippen molar-refractivity contribution < 1.29 is 9.59 Å². The summed E-state index contributed by atoms with van der Waals surface area (Å²) in [6.45, 7) is 4.57. The molecule has 53 heavy (non-hydrogen) atoms. The second-order valence-electron chi connectivity index (χ2n) is 15.5. The molecule has 0 aliphatic rings. The number of hydrogen-bond acceptors (Lipinski definition) is 2. The monoisotopic (exact) mass is 726 g/mol. The van der Waals surface area contributed by atoms with Crippen LogP contribution in [0, 0.1) is 0 Å². The summed E-state index contributed by atoms with van der Waals surface area (Å²) in [7, 11) is 0. The van der Waals surface area contributed by atoms with Crippen molar-refractivity contribution in [1.82, 2.24) is 4.90 Å². The first-order chi connectivity index (χ1) is 26.2. The average Bonchev–Trinajstić information content (AvgIpc) is 3.19. The third-order valence-electron chi connectivity index (χ3n) is 10.6. The van der Waals surface area contributed by atoms with Crippen LogP contribution < -0.4 is 0 Å². The van der Waals surface area contributed by atoms with Crippen LogP contribution in [-0.4, -0.2) is 16.6 Å². The summed E-state index contributed by atoms with van der Waals surface area (Å²) in [6.07, 6.45) is 48.3. The molecule has 0 saturated carbocycles. The molecule has 2 rings (SSSR count). The third-order valence-corrected chi connectivity index (χ3v) is 10.6. The van der Waals surface area contributed by atoms with E-state index in [4.69, 9.17) is 0 Å². The zero-order chi connectivity index (χ0) is 37.9. The number of benzene rings is 2. The molecule has 2 aromatic rings. The van der Waals surface area contributed by atoms with Crippen LogP contribution >= 0.6 is 0 Å². The molecule has 0 saturated heterocycles. The normalized spacial score (nSPS) is 11.6. The second-order valence-corrected chi connectivity index (χ2v) is 15.5. The van der Waals surface area contributed by atoms with Gasteiger partial charge >= 0.3 is 0 Å². The molecule has 0 aromatic heterocycles. The Bertz CT molecular complexity index is 1160. The molecule has 0 heterocycles. The smallest absolute Gasteiger partial charge is 0.261 e. The van der Waals surface area contributed by atoms with Crippen LogP contribution in [0.15, 0.2) is 79.1 Å². The summed E-state index contributed by atoms with van der Waals surface area (Å²) in [5.74, 6) is -0.0827. The maximum Gasteiger partial charge on any atom is 0.261 e. The first-order valence-electron chi connectivity index (χ1n) is 22.5. The minimum Gasteiger partial charge on any atom is -0.291 e. The van der Waals surface area contributed by atoms with E-state index in [0.29, 0.717) is 16.7 Å². The van der Waals surface area contributed by atoms with Gasteiger partial charge in [-0.15, -0.1) is 0 Å². The van der Waals surface area contributed by atoms with Crippen molar-refractivity contribution in [2.75, 3.05) is 0 Å². The SMILES string of the molecule is CCCCCCCCCCCCCCCCC=CN(C=CCCCCCCCCCCCCCCCC)C(=O)c1ccc(C(=O)c2ccccc2)cc1. The van der Waals surface area contributed by atoms with Crippen molar-refractivity contribution >= 4 is 11.7 Å². The highest BCUT2D eigenvalue weighted by atomic mass is 16.2. The standard InChI is InChI=1S/C50H79NO2/c1-3-5-7-9-11-13-15-17-19-21-23-25-27-29-31-36-44-51(45-37-32-30-28-26-24-22-20-18-16-14-12-10-8-6-4-2)50(53)48-42-40-47(41-43-48)49(52)46-38-34-33-35-39-46/h33-45H,3-32H2,1-2H3. The van der Waals surface area contributed by atoms with E-state index in [9.17, 15) is 9.59 Å². The van der Waals surface area contributed by atoms with Crippen LogP contribution in [0.5, 0.6) is 0 Å². The number of ketones is 1. The van der Waals surface area contributed by atoms with Gasteiger partial charge in [-0.1, -0.05) is 235 Å². The van der Waals surface area contributed by atoms with Gasteiger partial charge in [0.15, 0.2) is 5.78 Å². The van der Waals surface area contributed by atoms with Gasteiger partial charge in [0.2, 0.25) is 0 Å². The van der Waals surface area contributed by atoms with Gasteiger partial charge in [0.25, 0.3) is 5.91 Å². The summed E-state index contributed by atoms with van der Waals surface area (Å²) in [6, 6.07) is 16.4. The van der Waals surface area contributed by atoms with Gasteiger partial charge in [-0.05, 0) is 37.8 Å². The first kappa shape index (κ1) is 46.2. The molecule has 3 heteroatoms. The first-order valence-corrected chi connectivity index (χ1v) is 22.5. The summed E-state index contributed by atoms with van der Waals surface area (Å²) < 4.78 is 0. The van der Waals surface area contributed by atoms with E-state index < -0.39 is 0 Å². The zero-order valence-electron chi connectivity index (χ0n) is 34.5. The van der Waals surface area contributed by atoms with E-state index in [1.54, 1.807) is 29.2 Å². The summed E-state index contributed by atoms with van der Waals surface area (Å²) in [5.41, 5.74) is 1.85. The van der Waals surface area contributed by atoms with Crippen molar-refractivity contribution in [3.05, 3.63) is 95.8 Å². The van der Waals surface area contributed by atoms with Gasteiger partial charge < -0.3 is 0 Å². The Morgan fingerprint density at radius 1 is 0.396 bits per heavy atom. The van der Waals surface area contributed by atoms with Crippen molar-refractivity contribution in [2.45, 2.75) is 206 Å². The number of allylic oxidation sites excluding steroid dienone is 2. The van der Waals surface area contributed by atoms with Gasteiger partial charge in [0, 0.05) is 29.1 Å². The van der Waals surface area contributed by atoms with Crippen LogP contribution in [0.3, 0.4) is 0 Å². The molecule has 0 aliphatic carbocycles. The van der Waals surface area contributed by atoms with Gasteiger partial charge in [-0.2, -0.15) is 0 Å². The number of nitrogens with zero attached hydrogens (tertiary/aromatic N) is 1. The quantitative estimate of drug-likeness (QED) is 0.0524. The Kier molecular flexibility index (Phi) is 29.3. The molecule has 0 bridgehead atoms. The summed E-state index contributed by atoms with van der Waals surface area (Å²) in [4.78, 5) is 28.3. The average molecular weight is 726 g/mol. The van der Waals surface area contributed by atoms with Crippen LogP contribution in [0.25, 0.3) is 0 Å². The molecule has 296 valence electrons. The lowest BCUT2D eigenvalue weighted by molar-refractivity contribution is 0.0868. The van der Waals surface area contributed by atoms with E-state index in [0.717, 1.165) is 25.7 Å². The van der Waals surface area contributed by atoms with Gasteiger partial charge in [-0.3, -0.25) is 14.5 Å². The minimum absolute atomic E-state index is 0.0254. The molecule has 0 aliphatic heterocycles. The Labute approximate surface area is 327 Å². The molecule has 0 spiro atoms. The van der Waals surface area contributed by atoms with E-state index in [2.05, 4.69) is 26.0 Å². The van der Waals surface area contributed by atoms with E-state index in [1.165, 1.54) is 167 Å². The number of carbonyl (C=O) groups excluding carboxylic acids is 2. The maximum atomic E-state index is 13.6. The predicted molar refractivity (Wildman–Crippen MR) is 231 cm³/mol. The Morgan fingerprint density at radius 3 is 1.06 bits per heavy atom. The van der Waals surface area contributed by atoms with Crippen molar-refractivity contribution in [2.24, 2.45) is 0 Å². The van der Waals surface area contributed by atoms with E-state index in [-0.39, 0.29) is 11.7 Å². The molecule has 0 fully saturated rings. The van der Waals surface area contributed by atoms with Gasteiger partial charge in [-0.25, -0.2) is 0 Å². The predicted octanol–water partition coefficient (Wildman–Crippen LogP) is 16.1. The van der Waals surface area contributed by atoms with Gasteiger partial charge in [0.05, 0.1) is 0 Å². The molecule has 0 radical (unpaired) electrons. The lowest BCUT2D eigenvalue weighted by Crippen LogP contribution is -2.20. The minimum atomic E-state index is -0.0573. The fourth-order valence-corrected chi connectivity index (χ4v) is 7.14. The number of unbranched alkanes of at least 4 members (excludes halogenated alkanes) is 28. The molecule has 0 N–H and O–H groups in total. The van der Waals surface area contributed by atoms with Crippen LogP contribution in [0.2, 0.25) is 0 Å². The summed E-state index contributed by atoms with van der Waals surface area (Å²) >= 11 is 0. The van der Waals surface area contributed by atoms with Crippen LogP contribution in [0.4, 0.5) is 0 Å². The third kappa shape index (κ3) is 24.2. The molecule has 3 nitrogen and oxygen atoms in total. The second kappa shape index (κ2) is 33.6. The zero-order valence-corrected chi connectivity index (χ0v) is 34.5. The van der Waals surface area contributed by atoms with Gasteiger partial charge in [0.1, 0.15) is 0 Å².